The monoisotopic (exact) mass is 603 g/mol. The lowest BCUT2D eigenvalue weighted by Gasteiger charge is -2.61. The van der Waals surface area contributed by atoms with Crippen LogP contribution < -0.4 is 0 Å². The van der Waals surface area contributed by atoms with Crippen LogP contribution in [-0.2, 0) is 18.5 Å². The van der Waals surface area contributed by atoms with Crippen LogP contribution in [0.3, 0.4) is 0 Å². The van der Waals surface area contributed by atoms with Gasteiger partial charge in [-0.25, -0.2) is 0 Å². The minimum Gasteiger partial charge on any atom is -0.520 e. The molecule has 7 heteroatoms. The molecular formula is C34H61NO4Si2. The zero-order valence-corrected chi connectivity index (χ0v) is 30.3. The fourth-order valence-electron chi connectivity index (χ4n) is 9.72. The van der Waals surface area contributed by atoms with Gasteiger partial charge in [-0.05, 0) is 137 Å². The fraction of sp³-hybridized carbons (Fsp3) is 0.882. The van der Waals surface area contributed by atoms with Crippen molar-refractivity contribution in [2.45, 2.75) is 137 Å². The lowest BCUT2D eigenvalue weighted by Crippen LogP contribution is -2.57. The van der Waals surface area contributed by atoms with E-state index in [1.54, 1.807) is 12.7 Å². The normalized spacial score (nSPS) is 37.9. The number of oxime groups is 1. The van der Waals surface area contributed by atoms with E-state index in [2.05, 4.69) is 78.2 Å². The summed E-state index contributed by atoms with van der Waals surface area (Å²) in [6.07, 6.45) is 14.6. The molecule has 0 heterocycles. The second kappa shape index (κ2) is 12.2. The molecule has 0 aromatic heterocycles. The summed E-state index contributed by atoms with van der Waals surface area (Å²) in [7, 11) is -1.88. The molecule has 0 aromatic carbocycles. The molecule has 4 aliphatic rings. The maximum Gasteiger partial charge on any atom is 0.295 e. The third kappa shape index (κ3) is 7.08. The summed E-state index contributed by atoms with van der Waals surface area (Å²) < 4.78 is 12.9. The van der Waals surface area contributed by atoms with E-state index in [0.717, 1.165) is 43.2 Å². The summed E-state index contributed by atoms with van der Waals surface area (Å²) in [4.78, 5) is 17.7. The Kier molecular flexibility index (Phi) is 9.83. The molecule has 234 valence electrons. The minimum atomic E-state index is -1.83. The SMILES string of the molecule is CO/N=C1/C=C2C[C@@H](O[Si](C)(C)C)C3C(CC[C@@]4(C)C3CC[C@@H]4C(C)CCCC(C)C(=O)O[Si](C)(C)C)[C@@]2(C)CC1. The van der Waals surface area contributed by atoms with E-state index in [-0.39, 0.29) is 17.3 Å². The summed E-state index contributed by atoms with van der Waals surface area (Å²) in [5.74, 6) is 3.56. The number of rotatable bonds is 10. The topological polar surface area (TPSA) is 57.1 Å². The van der Waals surface area contributed by atoms with Crippen molar-refractivity contribution in [3.8, 4) is 0 Å². The van der Waals surface area contributed by atoms with Crippen molar-refractivity contribution in [2.75, 3.05) is 7.11 Å². The largest absolute Gasteiger partial charge is 0.520 e. The molecule has 4 rings (SSSR count). The quantitative estimate of drug-likeness (QED) is 0.184. The molecule has 9 atom stereocenters. The van der Waals surface area contributed by atoms with E-state index in [1.165, 1.54) is 38.5 Å². The molecule has 3 fully saturated rings. The van der Waals surface area contributed by atoms with Gasteiger partial charge < -0.3 is 13.7 Å². The Bertz CT molecular complexity index is 1010. The number of hydrogen-bond acceptors (Lipinski definition) is 5. The number of carbonyl (C=O) groups excluding carboxylic acids is 1. The Morgan fingerprint density at radius 1 is 1.00 bits per heavy atom. The standard InChI is InChI=1S/C34H61NO4Si2/c1-23(13-12-14-24(2)32(36)39-41(9,10)11)27-15-16-28-31-29(18-20-34(27,28)4)33(3)19-17-26(35-37-5)21-25(33)22-30(31)38-40(6,7)8/h21,23-24,27-31H,12-20,22H2,1-11H3/b35-26+/t23?,24?,27-,28?,29?,30-,31?,33+,34-/m1/s1. The van der Waals surface area contributed by atoms with E-state index in [1.807, 2.05) is 0 Å². The predicted octanol–water partition coefficient (Wildman–Crippen LogP) is 9.22. The number of allylic oxidation sites excluding steroid dienone is 1. The molecule has 41 heavy (non-hydrogen) atoms. The van der Waals surface area contributed by atoms with Crippen LogP contribution in [0.15, 0.2) is 16.8 Å². The first kappa shape index (κ1) is 33.0. The number of nitrogens with zero attached hydrogens (tertiary/aromatic N) is 1. The van der Waals surface area contributed by atoms with Crippen LogP contribution in [0.2, 0.25) is 39.3 Å². The van der Waals surface area contributed by atoms with Gasteiger partial charge in [0, 0.05) is 0 Å². The van der Waals surface area contributed by atoms with Gasteiger partial charge in [-0.3, -0.25) is 4.79 Å². The molecule has 0 bridgehead atoms. The Hall–Kier alpha value is -0.926. The van der Waals surface area contributed by atoms with E-state index in [4.69, 9.17) is 13.7 Å². The summed E-state index contributed by atoms with van der Waals surface area (Å²) in [5, 5.41) is 4.35. The zero-order chi connectivity index (χ0) is 30.4. The smallest absolute Gasteiger partial charge is 0.295 e. The number of fused-ring (bicyclic) bond motifs is 5. The zero-order valence-electron chi connectivity index (χ0n) is 28.3. The average molecular weight is 604 g/mol. The fourth-order valence-corrected chi connectivity index (χ4v) is 11.7. The average Bonchev–Trinajstić information content (AvgIpc) is 3.20. The lowest BCUT2D eigenvalue weighted by molar-refractivity contribution is -0.139. The van der Waals surface area contributed by atoms with E-state index in [0.29, 0.717) is 29.3 Å². The van der Waals surface area contributed by atoms with Gasteiger partial charge in [0.25, 0.3) is 5.97 Å². The highest BCUT2D eigenvalue weighted by molar-refractivity contribution is 6.71. The van der Waals surface area contributed by atoms with Crippen LogP contribution in [0.4, 0.5) is 0 Å². The van der Waals surface area contributed by atoms with Gasteiger partial charge in [-0.2, -0.15) is 0 Å². The van der Waals surface area contributed by atoms with Crippen molar-refractivity contribution in [1.82, 2.24) is 0 Å². The van der Waals surface area contributed by atoms with Crippen LogP contribution in [-0.4, -0.2) is 41.5 Å². The van der Waals surface area contributed by atoms with Crippen molar-refractivity contribution >= 4 is 28.3 Å². The first-order valence-corrected chi connectivity index (χ1v) is 23.5. The summed E-state index contributed by atoms with van der Waals surface area (Å²) in [5.41, 5.74) is 3.31. The first-order valence-electron chi connectivity index (χ1n) is 16.7. The molecule has 5 unspecified atom stereocenters. The molecule has 0 amide bonds. The summed E-state index contributed by atoms with van der Waals surface area (Å²) in [6, 6.07) is 0. The first-order chi connectivity index (χ1) is 19.0. The van der Waals surface area contributed by atoms with Crippen molar-refractivity contribution in [2.24, 2.45) is 51.5 Å². The molecule has 0 saturated heterocycles. The van der Waals surface area contributed by atoms with Gasteiger partial charge in [0.05, 0.1) is 17.7 Å². The van der Waals surface area contributed by atoms with Crippen LogP contribution in [0.1, 0.15) is 91.9 Å². The molecule has 5 nitrogen and oxygen atoms in total. The third-order valence-electron chi connectivity index (χ3n) is 11.6. The van der Waals surface area contributed by atoms with Gasteiger partial charge in [-0.1, -0.05) is 51.3 Å². The van der Waals surface area contributed by atoms with Crippen LogP contribution in [0, 0.1) is 46.3 Å². The number of hydrogen-bond donors (Lipinski definition) is 0. The lowest BCUT2D eigenvalue weighted by atomic mass is 9.45. The van der Waals surface area contributed by atoms with Crippen molar-refractivity contribution in [3.63, 3.8) is 0 Å². The Morgan fingerprint density at radius 2 is 1.71 bits per heavy atom. The van der Waals surface area contributed by atoms with Gasteiger partial charge in [0.15, 0.2) is 8.32 Å². The van der Waals surface area contributed by atoms with E-state index >= 15 is 0 Å². The van der Waals surface area contributed by atoms with E-state index in [9.17, 15) is 4.79 Å². The van der Waals surface area contributed by atoms with Gasteiger partial charge in [0.2, 0.25) is 8.32 Å². The van der Waals surface area contributed by atoms with Gasteiger partial charge >= 0.3 is 0 Å². The second-order valence-electron chi connectivity index (χ2n) is 16.7. The predicted molar refractivity (Wildman–Crippen MR) is 175 cm³/mol. The Labute approximate surface area is 253 Å². The van der Waals surface area contributed by atoms with Crippen molar-refractivity contribution < 1.29 is 18.5 Å². The highest BCUT2D eigenvalue weighted by atomic mass is 28.4. The maximum atomic E-state index is 12.6. The Balaban J connectivity index is 1.50. The molecule has 3 saturated carbocycles. The van der Waals surface area contributed by atoms with Gasteiger partial charge in [0.1, 0.15) is 7.11 Å². The molecule has 4 aliphatic carbocycles. The van der Waals surface area contributed by atoms with Crippen LogP contribution in [0.25, 0.3) is 0 Å². The highest BCUT2D eigenvalue weighted by Crippen LogP contribution is 2.68. The Morgan fingerprint density at radius 3 is 2.34 bits per heavy atom. The van der Waals surface area contributed by atoms with Crippen molar-refractivity contribution in [1.29, 1.82) is 0 Å². The third-order valence-corrected chi connectivity index (χ3v) is 13.4. The second-order valence-corrected chi connectivity index (χ2v) is 25.6. The minimum absolute atomic E-state index is 0.00549. The van der Waals surface area contributed by atoms with Crippen LogP contribution in [0.5, 0.6) is 0 Å². The summed E-state index contributed by atoms with van der Waals surface area (Å²) in [6.45, 7) is 23.2. The number of carbonyl (C=O) groups is 1. The van der Waals surface area contributed by atoms with Crippen molar-refractivity contribution in [3.05, 3.63) is 11.6 Å². The molecule has 0 spiro atoms. The summed E-state index contributed by atoms with van der Waals surface area (Å²) >= 11 is 0. The van der Waals surface area contributed by atoms with Crippen LogP contribution >= 0.6 is 0 Å². The maximum absolute atomic E-state index is 12.6. The molecular weight excluding hydrogens is 543 g/mol. The van der Waals surface area contributed by atoms with Gasteiger partial charge in [-0.15, -0.1) is 0 Å². The molecule has 0 radical (unpaired) electrons. The molecule has 0 aromatic rings. The molecule has 0 N–H and O–H groups in total. The molecule has 0 aliphatic heterocycles. The van der Waals surface area contributed by atoms with E-state index < -0.39 is 16.6 Å². The highest BCUT2D eigenvalue weighted by Gasteiger charge is 2.62.